The molecule has 0 saturated heterocycles. The molecule has 1 unspecified atom stereocenters. The molecular formula is C16H27ClN2. The summed E-state index contributed by atoms with van der Waals surface area (Å²) in [6.07, 6.45) is 0. The van der Waals surface area contributed by atoms with Crippen LogP contribution in [0, 0.1) is 5.92 Å². The van der Waals surface area contributed by atoms with E-state index >= 15 is 0 Å². The molecular weight excluding hydrogens is 256 g/mol. The lowest BCUT2D eigenvalue weighted by Gasteiger charge is -2.26. The zero-order valence-corrected chi connectivity index (χ0v) is 13.6. The van der Waals surface area contributed by atoms with Crippen molar-refractivity contribution in [3.05, 3.63) is 34.9 Å². The summed E-state index contributed by atoms with van der Waals surface area (Å²) in [4.78, 5) is 2.35. The summed E-state index contributed by atoms with van der Waals surface area (Å²) in [5.41, 5.74) is 1.46. The molecule has 0 aliphatic heterocycles. The third kappa shape index (κ3) is 7.56. The normalized spacial score (nSPS) is 13.8. The lowest BCUT2D eigenvalue weighted by atomic mass is 10.1. The molecule has 0 aliphatic carbocycles. The molecule has 0 amide bonds. The van der Waals surface area contributed by atoms with Crippen LogP contribution in [0.5, 0.6) is 0 Å². The minimum Gasteiger partial charge on any atom is -0.312 e. The Hall–Kier alpha value is -0.570. The number of nitrogens with one attached hydrogen (secondary N) is 1. The molecule has 0 fully saturated rings. The van der Waals surface area contributed by atoms with Gasteiger partial charge in [-0.2, -0.15) is 0 Å². The third-order valence-electron chi connectivity index (χ3n) is 2.95. The monoisotopic (exact) mass is 282 g/mol. The molecule has 2 nitrogen and oxygen atoms in total. The third-order valence-corrected chi connectivity index (χ3v) is 3.18. The van der Waals surface area contributed by atoms with Crippen molar-refractivity contribution in [3.8, 4) is 0 Å². The van der Waals surface area contributed by atoms with Gasteiger partial charge in [0.2, 0.25) is 0 Å². The average Bonchev–Trinajstić information content (AvgIpc) is 2.25. The van der Waals surface area contributed by atoms with Crippen LogP contribution in [0.4, 0.5) is 0 Å². The molecule has 0 saturated carbocycles. The standard InChI is InChI=1S/C16H27ClN2/c1-13(10-18-16(2,3)4)11-19(5)12-14-7-6-8-15(17)9-14/h6-9,13,18H,10-12H2,1-5H3. The Morgan fingerprint density at radius 2 is 2.00 bits per heavy atom. The molecule has 108 valence electrons. The molecule has 1 rings (SSSR count). The van der Waals surface area contributed by atoms with Crippen LogP contribution in [0.3, 0.4) is 0 Å². The molecule has 0 heterocycles. The second kappa shape index (κ2) is 7.28. The first-order chi connectivity index (χ1) is 8.76. The van der Waals surface area contributed by atoms with E-state index in [1.807, 2.05) is 18.2 Å². The number of nitrogens with zero attached hydrogens (tertiary/aromatic N) is 1. The topological polar surface area (TPSA) is 15.3 Å². The maximum Gasteiger partial charge on any atom is 0.0409 e. The van der Waals surface area contributed by atoms with Gasteiger partial charge in [-0.3, -0.25) is 0 Å². The largest absolute Gasteiger partial charge is 0.312 e. The first kappa shape index (κ1) is 16.5. The van der Waals surface area contributed by atoms with E-state index < -0.39 is 0 Å². The van der Waals surface area contributed by atoms with E-state index in [0.717, 1.165) is 24.7 Å². The van der Waals surface area contributed by atoms with Crippen molar-refractivity contribution < 1.29 is 0 Å². The van der Waals surface area contributed by atoms with Crippen molar-refractivity contribution in [2.75, 3.05) is 20.1 Å². The summed E-state index contributed by atoms with van der Waals surface area (Å²) in [5.74, 6) is 0.628. The van der Waals surface area contributed by atoms with Gasteiger partial charge in [0.1, 0.15) is 0 Å². The van der Waals surface area contributed by atoms with E-state index in [-0.39, 0.29) is 5.54 Å². The molecule has 1 aromatic rings. The summed E-state index contributed by atoms with van der Waals surface area (Å²) >= 11 is 6.01. The number of rotatable bonds is 6. The van der Waals surface area contributed by atoms with Gasteiger partial charge < -0.3 is 10.2 Å². The minimum absolute atomic E-state index is 0.194. The van der Waals surface area contributed by atoms with Gasteiger partial charge in [-0.25, -0.2) is 0 Å². The van der Waals surface area contributed by atoms with E-state index in [4.69, 9.17) is 11.6 Å². The van der Waals surface area contributed by atoms with Gasteiger partial charge >= 0.3 is 0 Å². The number of hydrogen-bond acceptors (Lipinski definition) is 2. The predicted octanol–water partition coefficient (Wildman–Crippen LogP) is 3.80. The molecule has 3 heteroatoms. The lowest BCUT2D eigenvalue weighted by Crippen LogP contribution is -2.40. The van der Waals surface area contributed by atoms with Gasteiger partial charge in [-0.1, -0.05) is 30.7 Å². The first-order valence-electron chi connectivity index (χ1n) is 6.94. The summed E-state index contributed by atoms with van der Waals surface area (Å²) < 4.78 is 0. The van der Waals surface area contributed by atoms with E-state index in [1.54, 1.807) is 0 Å². The van der Waals surface area contributed by atoms with Crippen LogP contribution in [0.2, 0.25) is 5.02 Å². The number of hydrogen-bond donors (Lipinski definition) is 1. The van der Waals surface area contributed by atoms with E-state index in [2.05, 4.69) is 51.0 Å². The van der Waals surface area contributed by atoms with Crippen LogP contribution in [-0.4, -0.2) is 30.6 Å². The van der Waals surface area contributed by atoms with Crippen molar-refractivity contribution in [1.82, 2.24) is 10.2 Å². The summed E-state index contributed by atoms with van der Waals surface area (Å²) in [6, 6.07) is 8.09. The summed E-state index contributed by atoms with van der Waals surface area (Å²) in [7, 11) is 2.16. The number of halogens is 1. The maximum absolute atomic E-state index is 6.01. The van der Waals surface area contributed by atoms with Gasteiger partial charge in [0.25, 0.3) is 0 Å². The Bertz CT molecular complexity index is 385. The minimum atomic E-state index is 0.194. The van der Waals surface area contributed by atoms with Crippen molar-refractivity contribution >= 4 is 11.6 Å². The smallest absolute Gasteiger partial charge is 0.0409 e. The molecule has 1 aromatic carbocycles. The maximum atomic E-state index is 6.01. The van der Waals surface area contributed by atoms with Crippen LogP contribution in [0.1, 0.15) is 33.3 Å². The Balaban J connectivity index is 2.36. The van der Waals surface area contributed by atoms with Crippen molar-refractivity contribution in [2.24, 2.45) is 5.92 Å². The molecule has 19 heavy (non-hydrogen) atoms. The molecule has 0 aromatic heterocycles. The second-order valence-electron chi connectivity index (χ2n) is 6.56. The Morgan fingerprint density at radius 3 is 2.58 bits per heavy atom. The fourth-order valence-corrected chi connectivity index (χ4v) is 2.30. The molecule has 0 bridgehead atoms. The van der Waals surface area contributed by atoms with Gasteiger partial charge in [0.05, 0.1) is 0 Å². The predicted molar refractivity (Wildman–Crippen MR) is 84.7 cm³/mol. The molecule has 1 atom stereocenters. The van der Waals surface area contributed by atoms with Crippen LogP contribution in [-0.2, 0) is 6.54 Å². The molecule has 0 radical (unpaired) electrons. The average molecular weight is 283 g/mol. The Morgan fingerprint density at radius 1 is 1.32 bits per heavy atom. The van der Waals surface area contributed by atoms with Crippen LogP contribution in [0.25, 0.3) is 0 Å². The van der Waals surface area contributed by atoms with Crippen LogP contribution < -0.4 is 5.32 Å². The summed E-state index contributed by atoms with van der Waals surface area (Å²) in [5, 5.41) is 4.37. The van der Waals surface area contributed by atoms with Crippen LogP contribution >= 0.6 is 11.6 Å². The highest BCUT2D eigenvalue weighted by molar-refractivity contribution is 6.30. The lowest BCUT2D eigenvalue weighted by molar-refractivity contribution is 0.261. The van der Waals surface area contributed by atoms with Crippen molar-refractivity contribution in [3.63, 3.8) is 0 Å². The Labute approximate surface area is 123 Å². The zero-order valence-electron chi connectivity index (χ0n) is 12.8. The van der Waals surface area contributed by atoms with E-state index in [1.165, 1.54) is 5.56 Å². The molecule has 1 N–H and O–H groups in total. The highest BCUT2D eigenvalue weighted by atomic mass is 35.5. The first-order valence-corrected chi connectivity index (χ1v) is 7.32. The quantitative estimate of drug-likeness (QED) is 0.854. The van der Waals surface area contributed by atoms with E-state index in [9.17, 15) is 0 Å². The SMILES string of the molecule is CC(CNC(C)(C)C)CN(C)Cc1cccc(Cl)c1. The highest BCUT2D eigenvalue weighted by Gasteiger charge is 2.12. The van der Waals surface area contributed by atoms with E-state index in [0.29, 0.717) is 5.92 Å². The fraction of sp³-hybridized carbons (Fsp3) is 0.625. The number of benzene rings is 1. The molecule has 0 aliphatic rings. The Kier molecular flexibility index (Phi) is 6.31. The van der Waals surface area contributed by atoms with Gasteiger partial charge in [-0.05, 0) is 58.0 Å². The zero-order chi connectivity index (χ0) is 14.5. The highest BCUT2D eigenvalue weighted by Crippen LogP contribution is 2.13. The van der Waals surface area contributed by atoms with Crippen molar-refractivity contribution in [2.45, 2.75) is 39.8 Å². The van der Waals surface area contributed by atoms with Gasteiger partial charge in [-0.15, -0.1) is 0 Å². The fourth-order valence-electron chi connectivity index (χ4n) is 2.09. The van der Waals surface area contributed by atoms with Crippen molar-refractivity contribution in [1.29, 1.82) is 0 Å². The molecule has 0 spiro atoms. The second-order valence-corrected chi connectivity index (χ2v) is 7.00. The van der Waals surface area contributed by atoms with Gasteiger partial charge in [0.15, 0.2) is 0 Å². The van der Waals surface area contributed by atoms with Gasteiger partial charge in [0, 0.05) is 23.7 Å². The van der Waals surface area contributed by atoms with Crippen LogP contribution in [0.15, 0.2) is 24.3 Å². The summed E-state index contributed by atoms with van der Waals surface area (Å²) in [6.45, 7) is 12.0.